The van der Waals surface area contributed by atoms with Crippen LogP contribution in [0.3, 0.4) is 0 Å². The van der Waals surface area contributed by atoms with E-state index in [2.05, 4.69) is 86.8 Å². The van der Waals surface area contributed by atoms with Crippen molar-refractivity contribution < 1.29 is 24.2 Å². The van der Waals surface area contributed by atoms with Gasteiger partial charge in [-0.05, 0) is 83.5 Å². The smallest absolute Gasteiger partial charge is 0.306 e. The number of ether oxygens (including phenoxy) is 2. The van der Waals surface area contributed by atoms with E-state index in [0.29, 0.717) is 12.8 Å². The Morgan fingerprint density at radius 2 is 0.768 bits per heavy atom. The summed E-state index contributed by atoms with van der Waals surface area (Å²) in [6.07, 6.45) is 62.6. The van der Waals surface area contributed by atoms with Crippen molar-refractivity contribution in [1.82, 2.24) is 0 Å². The molecule has 0 aliphatic rings. The van der Waals surface area contributed by atoms with Crippen molar-refractivity contribution in [2.75, 3.05) is 13.2 Å². The molecule has 0 heterocycles. The van der Waals surface area contributed by atoms with E-state index in [9.17, 15) is 14.7 Å². The zero-order chi connectivity index (χ0) is 40.7. The van der Waals surface area contributed by atoms with Gasteiger partial charge in [0.15, 0.2) is 6.10 Å². The minimum Gasteiger partial charge on any atom is -0.462 e. The van der Waals surface area contributed by atoms with E-state index in [0.717, 1.165) is 77.0 Å². The average molecular weight is 781 g/mol. The summed E-state index contributed by atoms with van der Waals surface area (Å²) in [6.45, 7) is 4.02. The fourth-order valence-electron chi connectivity index (χ4n) is 6.46. The molecule has 0 aromatic rings. The standard InChI is InChI=1S/C51H88O5/c1-3-5-7-9-11-13-15-17-19-21-23-24-25-26-28-30-32-34-36-38-40-42-44-46-51(54)56-49(47-52)48-55-50(53)45-43-41-39-37-35-33-31-29-27-22-20-18-16-14-12-10-8-6-4-2/h5,7,11,13,17-20,23-24,26,28,49,52H,3-4,6,8-10,12,14-16,21-22,25,27,29-48H2,1-2H3/b7-5-,13-11-,19-17-,20-18-,24-23-,28-26-. The molecule has 0 aliphatic carbocycles. The lowest BCUT2D eigenvalue weighted by atomic mass is 10.1. The lowest BCUT2D eigenvalue weighted by molar-refractivity contribution is -0.161. The molecule has 1 N–H and O–H groups in total. The number of hydrogen-bond acceptors (Lipinski definition) is 5. The first-order valence-corrected chi connectivity index (χ1v) is 23.5. The monoisotopic (exact) mass is 781 g/mol. The Balaban J connectivity index is 3.57. The number of unbranched alkanes of at least 4 members (excludes halogenated alkanes) is 22. The molecule has 0 aromatic heterocycles. The summed E-state index contributed by atoms with van der Waals surface area (Å²) in [5.74, 6) is -0.605. The molecule has 0 aliphatic heterocycles. The molecule has 0 radical (unpaired) electrons. The molecule has 5 nitrogen and oxygen atoms in total. The van der Waals surface area contributed by atoms with Gasteiger partial charge in [0, 0.05) is 12.8 Å². The predicted molar refractivity (Wildman–Crippen MR) is 242 cm³/mol. The molecular weight excluding hydrogens is 693 g/mol. The number of esters is 2. The molecule has 322 valence electrons. The Kier molecular flexibility index (Phi) is 44.5. The van der Waals surface area contributed by atoms with E-state index in [1.54, 1.807) is 0 Å². The fourth-order valence-corrected chi connectivity index (χ4v) is 6.46. The van der Waals surface area contributed by atoms with Crippen LogP contribution in [0.2, 0.25) is 0 Å². The quantitative estimate of drug-likeness (QED) is 0.0379. The van der Waals surface area contributed by atoms with Gasteiger partial charge in [-0.3, -0.25) is 9.59 Å². The number of aliphatic hydroxyl groups is 1. The van der Waals surface area contributed by atoms with Gasteiger partial charge in [-0.1, -0.05) is 196 Å². The van der Waals surface area contributed by atoms with Crippen molar-refractivity contribution in [3.05, 3.63) is 72.9 Å². The van der Waals surface area contributed by atoms with Gasteiger partial charge in [0.05, 0.1) is 6.61 Å². The summed E-state index contributed by atoms with van der Waals surface area (Å²) in [7, 11) is 0. The molecule has 0 spiro atoms. The normalized spacial score (nSPS) is 12.8. The topological polar surface area (TPSA) is 72.8 Å². The highest BCUT2D eigenvalue weighted by Gasteiger charge is 2.16. The van der Waals surface area contributed by atoms with Gasteiger partial charge in [-0.2, -0.15) is 0 Å². The third-order valence-electron chi connectivity index (χ3n) is 9.98. The lowest BCUT2D eigenvalue weighted by Crippen LogP contribution is -2.28. The van der Waals surface area contributed by atoms with E-state index in [1.807, 2.05) is 0 Å². The van der Waals surface area contributed by atoms with Crippen molar-refractivity contribution in [1.29, 1.82) is 0 Å². The number of carbonyl (C=O) groups excluding carboxylic acids is 2. The van der Waals surface area contributed by atoms with Crippen LogP contribution in [0.1, 0.15) is 219 Å². The van der Waals surface area contributed by atoms with Crippen LogP contribution < -0.4 is 0 Å². The summed E-state index contributed by atoms with van der Waals surface area (Å²) in [6, 6.07) is 0. The van der Waals surface area contributed by atoms with E-state index in [-0.39, 0.29) is 25.2 Å². The highest BCUT2D eigenvalue weighted by Crippen LogP contribution is 2.14. The van der Waals surface area contributed by atoms with Gasteiger partial charge in [-0.25, -0.2) is 0 Å². The zero-order valence-corrected chi connectivity index (χ0v) is 36.6. The van der Waals surface area contributed by atoms with Gasteiger partial charge in [0.1, 0.15) is 6.61 Å². The van der Waals surface area contributed by atoms with Crippen LogP contribution in [0.15, 0.2) is 72.9 Å². The molecule has 0 fully saturated rings. The number of rotatable bonds is 42. The van der Waals surface area contributed by atoms with Crippen LogP contribution in [0.5, 0.6) is 0 Å². The SMILES string of the molecule is CC/C=C\C/C=C\C/C=C\C/C=C\C/C=C\CCCCCCCCCC(=O)OC(CO)COC(=O)CCCCCCCCCCC/C=C\CCCCCCCC. The number of allylic oxidation sites excluding steroid dienone is 12. The second kappa shape index (κ2) is 46.7. The average Bonchev–Trinajstić information content (AvgIpc) is 3.20. The molecule has 0 saturated heterocycles. The van der Waals surface area contributed by atoms with Crippen molar-refractivity contribution in [2.24, 2.45) is 0 Å². The number of hydrogen-bond donors (Lipinski definition) is 1. The molecule has 1 atom stereocenters. The number of carbonyl (C=O) groups is 2. The van der Waals surface area contributed by atoms with Crippen LogP contribution >= 0.6 is 0 Å². The molecule has 0 rings (SSSR count). The van der Waals surface area contributed by atoms with Crippen LogP contribution in [0.4, 0.5) is 0 Å². The minimum absolute atomic E-state index is 0.0738. The van der Waals surface area contributed by atoms with Crippen LogP contribution in [-0.2, 0) is 19.1 Å². The minimum atomic E-state index is -0.782. The zero-order valence-electron chi connectivity index (χ0n) is 36.6. The van der Waals surface area contributed by atoms with Gasteiger partial charge in [-0.15, -0.1) is 0 Å². The molecule has 0 amide bonds. The van der Waals surface area contributed by atoms with E-state index in [4.69, 9.17) is 9.47 Å². The maximum absolute atomic E-state index is 12.2. The number of aliphatic hydroxyl groups excluding tert-OH is 1. The Bertz CT molecular complexity index is 1020. The summed E-state index contributed by atoms with van der Waals surface area (Å²) in [4.78, 5) is 24.4. The first-order chi connectivity index (χ1) is 27.6. The molecule has 0 bridgehead atoms. The Hall–Kier alpha value is -2.66. The first kappa shape index (κ1) is 53.3. The van der Waals surface area contributed by atoms with E-state index >= 15 is 0 Å². The van der Waals surface area contributed by atoms with Crippen molar-refractivity contribution in [3.8, 4) is 0 Å². The van der Waals surface area contributed by atoms with Gasteiger partial charge >= 0.3 is 11.9 Å². The molecule has 56 heavy (non-hydrogen) atoms. The molecule has 0 aromatic carbocycles. The lowest BCUT2D eigenvalue weighted by Gasteiger charge is -2.15. The van der Waals surface area contributed by atoms with Crippen molar-refractivity contribution >= 4 is 11.9 Å². The molecule has 1 unspecified atom stereocenters. The highest BCUT2D eigenvalue weighted by molar-refractivity contribution is 5.70. The van der Waals surface area contributed by atoms with Gasteiger partial charge in [0.25, 0.3) is 0 Å². The fraction of sp³-hybridized carbons (Fsp3) is 0.725. The summed E-state index contributed by atoms with van der Waals surface area (Å²) in [5.41, 5.74) is 0. The molecule has 5 heteroatoms. The van der Waals surface area contributed by atoms with Crippen molar-refractivity contribution in [2.45, 2.75) is 225 Å². The maximum Gasteiger partial charge on any atom is 0.306 e. The largest absolute Gasteiger partial charge is 0.462 e. The van der Waals surface area contributed by atoms with Gasteiger partial charge in [0.2, 0.25) is 0 Å². The summed E-state index contributed by atoms with van der Waals surface area (Å²) in [5, 5.41) is 9.61. The molecule has 0 saturated carbocycles. The molecular formula is C51H88O5. The third kappa shape index (κ3) is 44.1. The maximum atomic E-state index is 12.2. The first-order valence-electron chi connectivity index (χ1n) is 23.5. The Morgan fingerprint density at radius 1 is 0.429 bits per heavy atom. The Labute approximate surface area is 346 Å². The third-order valence-corrected chi connectivity index (χ3v) is 9.98. The van der Waals surface area contributed by atoms with E-state index in [1.165, 1.54) is 116 Å². The Morgan fingerprint density at radius 3 is 1.18 bits per heavy atom. The van der Waals surface area contributed by atoms with Crippen LogP contribution in [0.25, 0.3) is 0 Å². The van der Waals surface area contributed by atoms with Crippen LogP contribution in [-0.4, -0.2) is 36.4 Å². The predicted octanol–water partition coefficient (Wildman–Crippen LogP) is 15.3. The second-order valence-electron chi connectivity index (χ2n) is 15.4. The van der Waals surface area contributed by atoms with Gasteiger partial charge < -0.3 is 14.6 Å². The highest BCUT2D eigenvalue weighted by atomic mass is 16.6. The van der Waals surface area contributed by atoms with Crippen molar-refractivity contribution in [3.63, 3.8) is 0 Å². The van der Waals surface area contributed by atoms with Crippen LogP contribution in [0, 0.1) is 0 Å². The van der Waals surface area contributed by atoms with E-state index < -0.39 is 6.10 Å². The second-order valence-corrected chi connectivity index (χ2v) is 15.4. The summed E-state index contributed by atoms with van der Waals surface area (Å²) >= 11 is 0. The summed E-state index contributed by atoms with van der Waals surface area (Å²) < 4.78 is 10.7.